The Morgan fingerprint density at radius 3 is 2.83 bits per heavy atom. The lowest BCUT2D eigenvalue weighted by atomic mass is 10.1. The van der Waals surface area contributed by atoms with Gasteiger partial charge in [0.05, 0.1) is 19.5 Å². The number of carbonyl (C=O) groups excluding carboxylic acids is 1. The molecule has 1 aliphatic rings. The van der Waals surface area contributed by atoms with Crippen LogP contribution in [0, 0.1) is 0 Å². The third kappa shape index (κ3) is 3.25. The van der Waals surface area contributed by atoms with Crippen LogP contribution in [-0.2, 0) is 15.5 Å². The molecule has 98 valence electrons. The Balaban J connectivity index is 2.01. The summed E-state index contributed by atoms with van der Waals surface area (Å²) in [5.41, 5.74) is 0.182. The summed E-state index contributed by atoms with van der Waals surface area (Å²) in [6.07, 6.45) is 4.62. The van der Waals surface area contributed by atoms with E-state index in [1.165, 1.54) is 13.3 Å². The van der Waals surface area contributed by atoms with Crippen molar-refractivity contribution in [1.82, 2.24) is 9.97 Å². The van der Waals surface area contributed by atoms with E-state index in [0.717, 1.165) is 12.8 Å². The molecule has 2 rings (SSSR count). The summed E-state index contributed by atoms with van der Waals surface area (Å²) in [6.45, 7) is 0. The number of hydrogen-bond donors (Lipinski definition) is 1. The average molecular weight is 269 g/mol. The molecule has 1 aliphatic heterocycles. The maximum absolute atomic E-state index is 11.3. The molecule has 0 saturated carbocycles. The number of nitrogens with one attached hydrogen (secondary N) is 1. The molecule has 0 spiro atoms. The van der Waals surface area contributed by atoms with E-state index in [9.17, 15) is 9.00 Å². The molecule has 7 heteroatoms. The molecular weight excluding hydrogens is 254 g/mol. The van der Waals surface area contributed by atoms with Crippen molar-refractivity contribution >= 4 is 22.6 Å². The highest BCUT2D eigenvalue weighted by Crippen LogP contribution is 2.14. The van der Waals surface area contributed by atoms with E-state index < -0.39 is 16.8 Å². The minimum absolute atomic E-state index is 0.182. The first-order chi connectivity index (χ1) is 8.69. The number of aromatic nitrogens is 2. The van der Waals surface area contributed by atoms with Crippen LogP contribution >= 0.6 is 0 Å². The van der Waals surface area contributed by atoms with Crippen LogP contribution in [0.4, 0.5) is 5.82 Å². The molecule has 0 amide bonds. The summed E-state index contributed by atoms with van der Waals surface area (Å²) in [4.78, 5) is 19.4. The molecule has 0 radical (unpaired) electrons. The van der Waals surface area contributed by atoms with Crippen molar-refractivity contribution in [3.63, 3.8) is 0 Å². The third-order valence-corrected chi connectivity index (χ3v) is 4.15. The largest absolute Gasteiger partial charge is 0.464 e. The number of hydrogen-bond acceptors (Lipinski definition) is 6. The Labute approximate surface area is 108 Å². The molecule has 18 heavy (non-hydrogen) atoms. The van der Waals surface area contributed by atoms with E-state index in [2.05, 4.69) is 20.0 Å². The fourth-order valence-electron chi connectivity index (χ4n) is 1.79. The van der Waals surface area contributed by atoms with Crippen LogP contribution in [0.5, 0.6) is 0 Å². The van der Waals surface area contributed by atoms with Crippen LogP contribution in [0.25, 0.3) is 0 Å². The molecule has 1 fully saturated rings. The number of carbonyl (C=O) groups is 1. The second kappa shape index (κ2) is 5.90. The van der Waals surface area contributed by atoms with Gasteiger partial charge in [-0.25, -0.2) is 9.78 Å². The molecule has 0 aromatic carbocycles. The van der Waals surface area contributed by atoms with E-state index in [0.29, 0.717) is 17.3 Å². The highest BCUT2D eigenvalue weighted by atomic mass is 32.2. The summed E-state index contributed by atoms with van der Waals surface area (Å²) in [6, 6.07) is 0.241. The number of methoxy groups -OCH3 is 1. The minimum atomic E-state index is -0.682. The van der Waals surface area contributed by atoms with Gasteiger partial charge in [-0.15, -0.1) is 0 Å². The maximum atomic E-state index is 11.3. The van der Waals surface area contributed by atoms with Crippen molar-refractivity contribution < 1.29 is 13.7 Å². The average Bonchev–Trinajstić information content (AvgIpc) is 2.41. The second-order valence-electron chi connectivity index (χ2n) is 4.05. The first-order valence-electron chi connectivity index (χ1n) is 5.71. The molecule has 2 heterocycles. The van der Waals surface area contributed by atoms with E-state index in [-0.39, 0.29) is 11.7 Å². The van der Waals surface area contributed by atoms with Gasteiger partial charge in [0.15, 0.2) is 5.69 Å². The van der Waals surface area contributed by atoms with Crippen LogP contribution in [0.3, 0.4) is 0 Å². The van der Waals surface area contributed by atoms with Crippen molar-refractivity contribution in [1.29, 1.82) is 0 Å². The van der Waals surface area contributed by atoms with E-state index in [1.807, 2.05) is 0 Å². The molecular formula is C11H15N3O3S. The lowest BCUT2D eigenvalue weighted by Gasteiger charge is -2.22. The monoisotopic (exact) mass is 269 g/mol. The van der Waals surface area contributed by atoms with Crippen LogP contribution in [0.15, 0.2) is 12.4 Å². The maximum Gasteiger partial charge on any atom is 0.358 e. The number of ether oxygens (including phenoxy) is 1. The van der Waals surface area contributed by atoms with Gasteiger partial charge in [0.25, 0.3) is 0 Å². The van der Waals surface area contributed by atoms with Gasteiger partial charge >= 0.3 is 5.97 Å². The van der Waals surface area contributed by atoms with Crippen molar-refractivity contribution in [2.45, 2.75) is 18.9 Å². The fraction of sp³-hybridized carbons (Fsp3) is 0.545. The van der Waals surface area contributed by atoms with Crippen molar-refractivity contribution in [2.24, 2.45) is 0 Å². The molecule has 1 N–H and O–H groups in total. The number of esters is 1. The molecule has 6 nitrogen and oxygen atoms in total. The fourth-order valence-corrected chi connectivity index (χ4v) is 3.08. The Hall–Kier alpha value is -1.50. The number of nitrogens with zero attached hydrogens (tertiary/aromatic N) is 2. The SMILES string of the molecule is COC(=O)c1cncc(NC2CCS(=O)CC2)n1. The predicted molar refractivity (Wildman–Crippen MR) is 67.9 cm³/mol. The Morgan fingerprint density at radius 1 is 1.44 bits per heavy atom. The summed E-state index contributed by atoms with van der Waals surface area (Å²) in [7, 11) is 0.624. The van der Waals surface area contributed by atoms with Crippen molar-refractivity contribution in [2.75, 3.05) is 23.9 Å². The predicted octanol–water partition coefficient (Wildman–Crippen LogP) is 0.586. The zero-order valence-corrected chi connectivity index (χ0v) is 10.9. The van der Waals surface area contributed by atoms with Crippen LogP contribution < -0.4 is 5.32 Å². The quantitative estimate of drug-likeness (QED) is 0.809. The van der Waals surface area contributed by atoms with E-state index >= 15 is 0 Å². The molecule has 1 aromatic rings. The van der Waals surface area contributed by atoms with Gasteiger partial charge in [0.2, 0.25) is 0 Å². The van der Waals surface area contributed by atoms with Gasteiger partial charge in [0.1, 0.15) is 5.82 Å². The van der Waals surface area contributed by atoms with Gasteiger partial charge in [-0.05, 0) is 12.8 Å². The molecule has 0 bridgehead atoms. The lowest BCUT2D eigenvalue weighted by Crippen LogP contribution is -2.29. The summed E-state index contributed by atoms with van der Waals surface area (Å²) in [5.74, 6) is 1.47. The molecule has 0 unspecified atom stereocenters. The van der Waals surface area contributed by atoms with E-state index in [1.54, 1.807) is 6.20 Å². The van der Waals surface area contributed by atoms with E-state index in [4.69, 9.17) is 0 Å². The second-order valence-corrected chi connectivity index (χ2v) is 5.74. The summed E-state index contributed by atoms with van der Waals surface area (Å²) in [5, 5.41) is 3.20. The minimum Gasteiger partial charge on any atom is -0.464 e. The third-order valence-electron chi connectivity index (χ3n) is 2.77. The Morgan fingerprint density at radius 2 is 2.17 bits per heavy atom. The van der Waals surface area contributed by atoms with Gasteiger partial charge in [-0.3, -0.25) is 9.19 Å². The lowest BCUT2D eigenvalue weighted by molar-refractivity contribution is 0.0593. The summed E-state index contributed by atoms with van der Waals surface area (Å²) >= 11 is 0. The van der Waals surface area contributed by atoms with Crippen molar-refractivity contribution in [3.8, 4) is 0 Å². The summed E-state index contributed by atoms with van der Waals surface area (Å²) < 4.78 is 15.8. The topological polar surface area (TPSA) is 81.2 Å². The molecule has 0 atom stereocenters. The first-order valence-corrected chi connectivity index (χ1v) is 7.19. The molecule has 1 saturated heterocycles. The highest BCUT2D eigenvalue weighted by Gasteiger charge is 2.18. The van der Waals surface area contributed by atoms with Gasteiger partial charge in [0, 0.05) is 28.3 Å². The van der Waals surface area contributed by atoms with Gasteiger partial charge in [-0.2, -0.15) is 0 Å². The highest BCUT2D eigenvalue weighted by molar-refractivity contribution is 7.85. The van der Waals surface area contributed by atoms with Gasteiger partial charge in [-0.1, -0.05) is 0 Å². The van der Waals surface area contributed by atoms with Crippen LogP contribution in [-0.4, -0.2) is 44.8 Å². The molecule has 1 aromatic heterocycles. The van der Waals surface area contributed by atoms with Gasteiger partial charge < -0.3 is 10.1 Å². The normalized spacial score (nSPS) is 23.4. The van der Waals surface area contributed by atoms with Crippen molar-refractivity contribution in [3.05, 3.63) is 18.1 Å². The molecule has 0 aliphatic carbocycles. The number of anilines is 1. The van der Waals surface area contributed by atoms with Crippen LogP contribution in [0.1, 0.15) is 23.3 Å². The first kappa shape index (κ1) is 12.9. The Kier molecular flexibility index (Phi) is 4.24. The zero-order chi connectivity index (χ0) is 13.0. The number of rotatable bonds is 3. The Bertz CT molecular complexity index is 457. The standard InChI is InChI=1S/C11H15N3O3S/c1-17-11(15)9-6-12-7-10(14-9)13-8-2-4-18(16)5-3-8/h6-8H,2-5H2,1H3,(H,13,14). The smallest absolute Gasteiger partial charge is 0.358 e. The zero-order valence-electron chi connectivity index (χ0n) is 10.1. The van der Waals surface area contributed by atoms with Crippen LogP contribution in [0.2, 0.25) is 0 Å².